The molecule has 3 N–H and O–H groups in total. The Hall–Kier alpha value is -2.08. The zero-order valence-corrected chi connectivity index (χ0v) is 11.2. The highest BCUT2D eigenvalue weighted by Crippen LogP contribution is 2.21. The van der Waals surface area contributed by atoms with Crippen LogP contribution in [-0.2, 0) is 9.59 Å². The van der Waals surface area contributed by atoms with Crippen LogP contribution in [0.3, 0.4) is 0 Å². The Morgan fingerprint density at radius 2 is 2.15 bits per heavy atom. The van der Waals surface area contributed by atoms with E-state index in [4.69, 9.17) is 16.7 Å². The molecule has 1 unspecified atom stereocenters. The van der Waals surface area contributed by atoms with Gasteiger partial charge in [-0.25, -0.2) is 4.79 Å². The minimum atomic E-state index is -1.16. The topological polar surface area (TPSA) is 95.5 Å². The fraction of sp³-hybridized carbons (Fsp3) is 0.308. The number of carboxylic acids is 1. The predicted octanol–water partition coefficient (Wildman–Crippen LogP) is 1.50. The van der Waals surface area contributed by atoms with Gasteiger partial charge in [0, 0.05) is 18.7 Å². The van der Waals surface area contributed by atoms with Crippen LogP contribution in [0.4, 0.5) is 5.69 Å². The van der Waals surface area contributed by atoms with Gasteiger partial charge in [-0.15, -0.1) is 0 Å². The number of amides is 2. The summed E-state index contributed by atoms with van der Waals surface area (Å²) in [5.41, 5.74) is 0.301. The third-order valence-electron chi connectivity index (χ3n) is 3.10. The minimum absolute atomic E-state index is 0.0614. The normalized spacial score (nSPS) is 18.2. The summed E-state index contributed by atoms with van der Waals surface area (Å²) in [6.45, 7) is 0.296. The lowest BCUT2D eigenvalue weighted by molar-refractivity contribution is -0.126. The van der Waals surface area contributed by atoms with Gasteiger partial charge in [0.1, 0.15) is 0 Å². The number of hydrogen-bond acceptors (Lipinski definition) is 3. The van der Waals surface area contributed by atoms with E-state index >= 15 is 0 Å². The van der Waals surface area contributed by atoms with Gasteiger partial charge in [-0.05, 0) is 24.6 Å². The Kier molecular flexibility index (Phi) is 4.24. The molecule has 1 aromatic rings. The zero-order valence-electron chi connectivity index (χ0n) is 10.5. The van der Waals surface area contributed by atoms with Gasteiger partial charge in [0.2, 0.25) is 11.8 Å². The van der Waals surface area contributed by atoms with Crippen LogP contribution in [0.25, 0.3) is 0 Å². The lowest BCUT2D eigenvalue weighted by atomic mass is 9.98. The molecule has 1 atom stereocenters. The van der Waals surface area contributed by atoms with Gasteiger partial charge in [-0.2, -0.15) is 0 Å². The van der Waals surface area contributed by atoms with E-state index in [2.05, 4.69) is 10.6 Å². The minimum Gasteiger partial charge on any atom is -0.478 e. The summed E-state index contributed by atoms with van der Waals surface area (Å²) in [6.07, 6.45) is 0.802. The maximum Gasteiger partial charge on any atom is 0.337 e. The van der Waals surface area contributed by atoms with E-state index in [0.717, 1.165) is 0 Å². The fourth-order valence-electron chi connectivity index (χ4n) is 1.97. The first-order valence-electron chi connectivity index (χ1n) is 6.08. The highest BCUT2D eigenvalue weighted by atomic mass is 35.5. The number of carbonyl (C=O) groups is 3. The molecule has 0 saturated carbocycles. The molecule has 0 bridgehead atoms. The smallest absolute Gasteiger partial charge is 0.337 e. The molecule has 1 aliphatic heterocycles. The van der Waals surface area contributed by atoms with Crippen molar-refractivity contribution in [2.45, 2.75) is 12.8 Å². The van der Waals surface area contributed by atoms with Crippen molar-refractivity contribution in [3.05, 3.63) is 28.8 Å². The summed E-state index contributed by atoms with van der Waals surface area (Å²) >= 11 is 5.75. The largest absolute Gasteiger partial charge is 0.478 e. The molecule has 0 aliphatic carbocycles. The third kappa shape index (κ3) is 3.27. The van der Waals surface area contributed by atoms with E-state index in [1.165, 1.54) is 18.2 Å². The number of aromatic carboxylic acids is 1. The van der Waals surface area contributed by atoms with Crippen LogP contribution in [0.2, 0.25) is 5.02 Å². The molecule has 1 aliphatic rings. The summed E-state index contributed by atoms with van der Waals surface area (Å²) in [6, 6.07) is 4.27. The Morgan fingerprint density at radius 3 is 2.75 bits per heavy atom. The van der Waals surface area contributed by atoms with Crippen molar-refractivity contribution in [3.8, 4) is 0 Å². The highest BCUT2D eigenvalue weighted by molar-refractivity contribution is 6.33. The van der Waals surface area contributed by atoms with Crippen LogP contribution in [0.1, 0.15) is 23.2 Å². The van der Waals surface area contributed by atoms with E-state index in [0.29, 0.717) is 25.1 Å². The van der Waals surface area contributed by atoms with E-state index in [1.807, 2.05) is 0 Å². The number of anilines is 1. The molecule has 2 rings (SSSR count). The summed E-state index contributed by atoms with van der Waals surface area (Å²) < 4.78 is 0. The molecule has 0 radical (unpaired) electrons. The molecular weight excluding hydrogens is 284 g/mol. The van der Waals surface area contributed by atoms with Gasteiger partial charge in [0.05, 0.1) is 16.5 Å². The van der Waals surface area contributed by atoms with Crippen LogP contribution < -0.4 is 10.6 Å². The lowest BCUT2D eigenvalue weighted by Crippen LogP contribution is -2.40. The van der Waals surface area contributed by atoms with Crippen LogP contribution in [-0.4, -0.2) is 29.4 Å². The molecule has 1 heterocycles. The van der Waals surface area contributed by atoms with Gasteiger partial charge in [0.15, 0.2) is 0 Å². The number of carboxylic acid groups (broad SMARTS) is 1. The number of nitrogens with one attached hydrogen (secondary N) is 2. The number of piperidine rings is 1. The molecule has 1 aromatic carbocycles. The standard InChI is InChI=1S/C13H13ClN2O4/c14-10-3-2-8(5-9(10)13(19)20)16-12(18)7-1-4-11(17)15-6-7/h2-3,5,7H,1,4,6H2,(H,15,17)(H,16,18)(H,19,20). The number of rotatable bonds is 3. The van der Waals surface area contributed by atoms with E-state index in [1.54, 1.807) is 0 Å². The second-order valence-corrected chi connectivity index (χ2v) is 4.94. The molecule has 1 saturated heterocycles. The van der Waals surface area contributed by atoms with Crippen LogP contribution in [0.15, 0.2) is 18.2 Å². The second-order valence-electron chi connectivity index (χ2n) is 4.53. The van der Waals surface area contributed by atoms with Gasteiger partial charge in [-0.3, -0.25) is 9.59 Å². The Bertz CT molecular complexity index is 563. The average Bonchev–Trinajstić information content (AvgIpc) is 2.41. The first-order chi connectivity index (χ1) is 9.47. The van der Waals surface area contributed by atoms with Gasteiger partial charge >= 0.3 is 5.97 Å². The van der Waals surface area contributed by atoms with Crippen molar-refractivity contribution in [2.24, 2.45) is 5.92 Å². The first kappa shape index (κ1) is 14.3. The molecule has 6 nitrogen and oxygen atoms in total. The Morgan fingerprint density at radius 1 is 1.40 bits per heavy atom. The molecule has 0 aromatic heterocycles. The monoisotopic (exact) mass is 296 g/mol. The molecule has 2 amide bonds. The van der Waals surface area contributed by atoms with Crippen molar-refractivity contribution in [3.63, 3.8) is 0 Å². The van der Waals surface area contributed by atoms with Crippen molar-refractivity contribution in [1.29, 1.82) is 0 Å². The molecule has 106 valence electrons. The van der Waals surface area contributed by atoms with E-state index in [9.17, 15) is 14.4 Å². The summed E-state index contributed by atoms with van der Waals surface area (Å²) in [4.78, 5) is 34.0. The van der Waals surface area contributed by atoms with Crippen molar-refractivity contribution in [2.75, 3.05) is 11.9 Å². The molecule has 20 heavy (non-hydrogen) atoms. The van der Waals surface area contributed by atoms with Crippen molar-refractivity contribution in [1.82, 2.24) is 5.32 Å². The van der Waals surface area contributed by atoms with Crippen molar-refractivity contribution < 1.29 is 19.5 Å². The molecule has 7 heteroatoms. The van der Waals surface area contributed by atoms with Gasteiger partial charge in [0.25, 0.3) is 0 Å². The zero-order chi connectivity index (χ0) is 14.7. The number of hydrogen-bond donors (Lipinski definition) is 3. The van der Waals surface area contributed by atoms with Crippen LogP contribution in [0, 0.1) is 5.92 Å². The quantitative estimate of drug-likeness (QED) is 0.787. The van der Waals surface area contributed by atoms with Gasteiger partial charge < -0.3 is 15.7 Å². The highest BCUT2D eigenvalue weighted by Gasteiger charge is 2.24. The van der Waals surface area contributed by atoms with E-state index in [-0.39, 0.29) is 28.3 Å². The fourth-order valence-corrected chi connectivity index (χ4v) is 2.17. The SMILES string of the molecule is O=C1CCC(C(=O)Nc2ccc(Cl)c(C(=O)O)c2)CN1. The number of halogens is 1. The summed E-state index contributed by atoms with van der Waals surface area (Å²) in [5.74, 6) is -1.77. The molecular formula is C13H13ClN2O4. The maximum atomic E-state index is 12.0. The van der Waals surface area contributed by atoms with E-state index < -0.39 is 5.97 Å². The second kappa shape index (κ2) is 5.92. The summed E-state index contributed by atoms with van der Waals surface area (Å²) in [7, 11) is 0. The number of carbonyl (C=O) groups excluding carboxylic acids is 2. The molecule has 0 spiro atoms. The lowest BCUT2D eigenvalue weighted by Gasteiger charge is -2.21. The van der Waals surface area contributed by atoms with Crippen molar-refractivity contribution >= 4 is 35.1 Å². The van der Waals surface area contributed by atoms with Crippen LogP contribution >= 0.6 is 11.6 Å². The maximum absolute atomic E-state index is 12.0. The number of benzene rings is 1. The first-order valence-corrected chi connectivity index (χ1v) is 6.45. The van der Waals surface area contributed by atoms with Gasteiger partial charge in [-0.1, -0.05) is 11.6 Å². The Balaban J connectivity index is 2.06. The summed E-state index contributed by atoms with van der Waals surface area (Å²) in [5, 5.41) is 14.3. The predicted molar refractivity (Wildman–Crippen MR) is 72.8 cm³/mol. The Labute approximate surface area is 120 Å². The molecule has 1 fully saturated rings. The average molecular weight is 297 g/mol. The third-order valence-corrected chi connectivity index (χ3v) is 3.43. The van der Waals surface area contributed by atoms with Crippen LogP contribution in [0.5, 0.6) is 0 Å².